The van der Waals surface area contributed by atoms with E-state index in [-0.39, 0.29) is 5.91 Å². The number of carbonyl (C=O) groups is 1. The van der Waals surface area contributed by atoms with Gasteiger partial charge in [-0.25, -0.2) is 0 Å². The zero-order chi connectivity index (χ0) is 13.9. The van der Waals surface area contributed by atoms with Crippen molar-refractivity contribution in [3.63, 3.8) is 0 Å². The minimum Gasteiger partial charge on any atom is -0.342 e. The molecule has 2 nitrogen and oxygen atoms in total. The van der Waals surface area contributed by atoms with Gasteiger partial charge in [0.25, 0.3) is 0 Å². The average Bonchev–Trinajstić information content (AvgIpc) is 2.20. The van der Waals surface area contributed by atoms with E-state index in [1.165, 1.54) is 12.0 Å². The average molecular weight is 251 g/mol. The molecule has 3 atom stereocenters. The number of amides is 1. The van der Waals surface area contributed by atoms with Crippen LogP contribution >= 0.6 is 0 Å². The summed E-state index contributed by atoms with van der Waals surface area (Å²) in [6.07, 6.45) is 3.57. The second kappa shape index (κ2) is 6.40. The third kappa shape index (κ3) is 4.15. The fourth-order valence-corrected chi connectivity index (χ4v) is 3.19. The minimum atomic E-state index is 0.217. The Morgan fingerprint density at radius 1 is 1.44 bits per heavy atom. The van der Waals surface area contributed by atoms with Crippen molar-refractivity contribution < 1.29 is 4.79 Å². The smallest absolute Gasteiger partial charge is 0.219 e. The molecule has 18 heavy (non-hydrogen) atoms. The van der Waals surface area contributed by atoms with Crippen LogP contribution in [0.25, 0.3) is 0 Å². The third-order valence-electron chi connectivity index (χ3n) is 4.06. The van der Waals surface area contributed by atoms with Gasteiger partial charge in [0, 0.05) is 20.0 Å². The van der Waals surface area contributed by atoms with Gasteiger partial charge in [0.05, 0.1) is 0 Å². The van der Waals surface area contributed by atoms with Crippen LogP contribution in [0.3, 0.4) is 0 Å². The molecule has 104 valence electrons. The molecule has 1 aliphatic rings. The van der Waals surface area contributed by atoms with Crippen molar-refractivity contribution in [3.8, 4) is 0 Å². The maximum atomic E-state index is 11.7. The summed E-state index contributed by atoms with van der Waals surface area (Å²) in [4.78, 5) is 13.8. The van der Waals surface area contributed by atoms with Gasteiger partial charge in [-0.2, -0.15) is 0 Å². The zero-order valence-electron chi connectivity index (χ0n) is 12.9. The summed E-state index contributed by atoms with van der Waals surface area (Å²) in [5.41, 5.74) is 1.50. The molecule has 0 aromatic rings. The first kappa shape index (κ1) is 15.3. The summed E-state index contributed by atoms with van der Waals surface area (Å²) in [6, 6.07) is 0. The molecule has 0 aromatic heterocycles. The van der Waals surface area contributed by atoms with Crippen molar-refractivity contribution >= 4 is 5.91 Å². The van der Waals surface area contributed by atoms with Crippen LogP contribution < -0.4 is 0 Å². The van der Waals surface area contributed by atoms with E-state index in [0.717, 1.165) is 13.1 Å². The highest BCUT2D eigenvalue weighted by molar-refractivity contribution is 5.73. The molecule has 0 N–H and O–H groups in total. The highest BCUT2D eigenvalue weighted by atomic mass is 16.2. The van der Waals surface area contributed by atoms with E-state index in [1.54, 1.807) is 6.92 Å². The summed E-state index contributed by atoms with van der Waals surface area (Å²) in [5, 5.41) is 0. The van der Waals surface area contributed by atoms with E-state index in [0.29, 0.717) is 23.7 Å². The number of allylic oxidation sites excluding steroid dienone is 2. The largest absolute Gasteiger partial charge is 0.342 e. The third-order valence-corrected chi connectivity index (χ3v) is 4.06. The van der Waals surface area contributed by atoms with E-state index >= 15 is 0 Å². The maximum absolute atomic E-state index is 11.7. The van der Waals surface area contributed by atoms with Gasteiger partial charge in [-0.3, -0.25) is 4.79 Å². The van der Waals surface area contributed by atoms with E-state index in [1.807, 2.05) is 4.90 Å². The second-order valence-electron chi connectivity index (χ2n) is 6.54. The first-order valence-electron chi connectivity index (χ1n) is 7.24. The number of rotatable bonds is 4. The van der Waals surface area contributed by atoms with Crippen LogP contribution in [0.1, 0.15) is 48.0 Å². The Hall–Kier alpha value is -0.790. The van der Waals surface area contributed by atoms with Crippen molar-refractivity contribution in [2.45, 2.75) is 48.0 Å². The lowest BCUT2D eigenvalue weighted by atomic mass is 9.74. The molecule has 1 aliphatic carbocycles. The molecule has 0 heterocycles. The van der Waals surface area contributed by atoms with Crippen molar-refractivity contribution in [2.75, 3.05) is 13.1 Å². The molecule has 0 saturated heterocycles. The highest BCUT2D eigenvalue weighted by Crippen LogP contribution is 2.34. The molecule has 0 bridgehead atoms. The lowest BCUT2D eigenvalue weighted by molar-refractivity contribution is -0.130. The van der Waals surface area contributed by atoms with Gasteiger partial charge in [0.2, 0.25) is 5.91 Å². The van der Waals surface area contributed by atoms with Gasteiger partial charge < -0.3 is 4.90 Å². The van der Waals surface area contributed by atoms with Crippen LogP contribution in [0.5, 0.6) is 0 Å². The van der Waals surface area contributed by atoms with Gasteiger partial charge in [-0.05, 0) is 37.0 Å². The van der Waals surface area contributed by atoms with Crippen LogP contribution in [-0.4, -0.2) is 23.9 Å². The summed E-state index contributed by atoms with van der Waals surface area (Å²) >= 11 is 0. The fourth-order valence-electron chi connectivity index (χ4n) is 3.19. The van der Waals surface area contributed by atoms with Gasteiger partial charge in [-0.1, -0.05) is 39.3 Å². The van der Waals surface area contributed by atoms with Crippen LogP contribution in [0, 0.1) is 23.7 Å². The Kier molecular flexibility index (Phi) is 5.43. The van der Waals surface area contributed by atoms with Crippen LogP contribution in [-0.2, 0) is 4.79 Å². The van der Waals surface area contributed by atoms with E-state index in [9.17, 15) is 4.79 Å². The molecule has 0 spiro atoms. The second-order valence-corrected chi connectivity index (χ2v) is 6.54. The van der Waals surface area contributed by atoms with E-state index in [4.69, 9.17) is 0 Å². The molecule has 0 radical (unpaired) electrons. The van der Waals surface area contributed by atoms with Crippen molar-refractivity contribution in [1.82, 2.24) is 4.90 Å². The lowest BCUT2D eigenvalue weighted by Crippen LogP contribution is -2.40. The maximum Gasteiger partial charge on any atom is 0.219 e. The highest BCUT2D eigenvalue weighted by Gasteiger charge is 2.29. The molecule has 1 amide bonds. The predicted molar refractivity (Wildman–Crippen MR) is 77.3 cm³/mol. The molecule has 2 heteroatoms. The Bertz CT molecular complexity index is 319. The van der Waals surface area contributed by atoms with Crippen molar-refractivity contribution in [3.05, 3.63) is 11.6 Å². The lowest BCUT2D eigenvalue weighted by Gasteiger charge is -2.37. The standard InChI is InChI=1S/C16H29NO/c1-11(2)9-17(15(6)18)10-16-13(4)7-12(3)8-14(16)5/h7,11,13-14,16H,8-10H2,1-6H3. The molecule has 0 saturated carbocycles. The van der Waals surface area contributed by atoms with Gasteiger partial charge in [0.15, 0.2) is 0 Å². The van der Waals surface area contributed by atoms with Crippen LogP contribution in [0.4, 0.5) is 0 Å². The summed E-state index contributed by atoms with van der Waals surface area (Å²) in [7, 11) is 0. The van der Waals surface area contributed by atoms with E-state index in [2.05, 4.69) is 40.7 Å². The van der Waals surface area contributed by atoms with E-state index < -0.39 is 0 Å². The topological polar surface area (TPSA) is 20.3 Å². The number of hydrogen-bond acceptors (Lipinski definition) is 1. The Morgan fingerprint density at radius 2 is 2.06 bits per heavy atom. The number of carbonyl (C=O) groups excluding carboxylic acids is 1. The molecule has 3 unspecified atom stereocenters. The van der Waals surface area contributed by atoms with Crippen molar-refractivity contribution in [2.24, 2.45) is 23.7 Å². The summed E-state index contributed by atoms with van der Waals surface area (Å²) in [6.45, 7) is 14.7. The Labute approximate surface area is 112 Å². The number of nitrogens with zero attached hydrogens (tertiary/aromatic N) is 1. The molecule has 0 aliphatic heterocycles. The summed E-state index contributed by atoms with van der Waals surface area (Å²) in [5.74, 6) is 2.63. The quantitative estimate of drug-likeness (QED) is 0.697. The monoisotopic (exact) mass is 251 g/mol. The molecule has 0 fully saturated rings. The van der Waals surface area contributed by atoms with Crippen molar-refractivity contribution in [1.29, 1.82) is 0 Å². The first-order valence-corrected chi connectivity index (χ1v) is 7.24. The SMILES string of the molecule is CC(=O)N(CC(C)C)CC1C(C)C=C(C)CC1C. The van der Waals surface area contributed by atoms with Gasteiger partial charge in [0.1, 0.15) is 0 Å². The van der Waals surface area contributed by atoms with Gasteiger partial charge >= 0.3 is 0 Å². The molecular weight excluding hydrogens is 222 g/mol. The Morgan fingerprint density at radius 3 is 2.50 bits per heavy atom. The normalized spacial score (nSPS) is 28.2. The molecule has 1 rings (SSSR count). The molecular formula is C16H29NO. The summed E-state index contributed by atoms with van der Waals surface area (Å²) < 4.78 is 0. The first-order chi connectivity index (χ1) is 8.31. The zero-order valence-corrected chi connectivity index (χ0v) is 12.9. The van der Waals surface area contributed by atoms with Gasteiger partial charge in [-0.15, -0.1) is 0 Å². The van der Waals surface area contributed by atoms with Crippen LogP contribution in [0.15, 0.2) is 11.6 Å². The Balaban J connectivity index is 2.71. The minimum absolute atomic E-state index is 0.217. The molecule has 0 aromatic carbocycles. The number of hydrogen-bond donors (Lipinski definition) is 0. The predicted octanol–water partition coefficient (Wildman–Crippen LogP) is 3.73. The van der Waals surface area contributed by atoms with Crippen LogP contribution in [0.2, 0.25) is 0 Å². The fraction of sp³-hybridized carbons (Fsp3) is 0.812.